The van der Waals surface area contributed by atoms with Crippen molar-refractivity contribution in [2.24, 2.45) is 4.99 Å². The molecule has 0 unspecified atom stereocenters. The summed E-state index contributed by atoms with van der Waals surface area (Å²) in [5.41, 5.74) is 1.03. The Morgan fingerprint density at radius 3 is 2.73 bits per heavy atom. The minimum Gasteiger partial charge on any atom is -0.442 e. The van der Waals surface area contributed by atoms with Gasteiger partial charge in [0.05, 0.1) is 6.34 Å². The van der Waals surface area contributed by atoms with Crippen LogP contribution >= 0.6 is 15.9 Å². The van der Waals surface area contributed by atoms with E-state index in [4.69, 9.17) is 9.15 Å². The summed E-state index contributed by atoms with van der Waals surface area (Å²) in [4.78, 5) is 33.8. The van der Waals surface area contributed by atoms with E-state index in [1.165, 1.54) is 18.5 Å². The summed E-state index contributed by atoms with van der Waals surface area (Å²) in [7, 11) is 0. The van der Waals surface area contributed by atoms with Crippen LogP contribution in [-0.4, -0.2) is 22.3 Å². The fraction of sp³-hybridized carbons (Fsp3) is 0.0588. The van der Waals surface area contributed by atoms with Gasteiger partial charge in [-0.1, -0.05) is 0 Å². The third kappa shape index (κ3) is 4.67. The lowest BCUT2D eigenvalue weighted by molar-refractivity contribution is 0.0700. The SMILES string of the molecule is Cc1cc(=O)[nH]c(/N=C/Nc2ccc(OC(=O)c3ccc(Br)o3)cc2)n1. The normalized spacial score (nSPS) is 10.8. The molecule has 0 atom stereocenters. The molecule has 0 radical (unpaired) electrons. The van der Waals surface area contributed by atoms with Gasteiger partial charge in [0.25, 0.3) is 5.56 Å². The second kappa shape index (κ2) is 7.79. The fourth-order valence-corrected chi connectivity index (χ4v) is 2.30. The van der Waals surface area contributed by atoms with Crippen LogP contribution in [0.25, 0.3) is 0 Å². The number of carbonyl (C=O) groups excluding carboxylic acids is 1. The Hall–Kier alpha value is -3.20. The molecule has 2 heterocycles. The van der Waals surface area contributed by atoms with Crippen molar-refractivity contribution in [3.05, 3.63) is 68.9 Å². The van der Waals surface area contributed by atoms with Crippen LogP contribution in [0.15, 0.2) is 61.3 Å². The molecule has 0 fully saturated rings. The van der Waals surface area contributed by atoms with E-state index in [1.807, 2.05) is 0 Å². The zero-order chi connectivity index (χ0) is 18.5. The van der Waals surface area contributed by atoms with E-state index in [9.17, 15) is 9.59 Å². The molecule has 9 heteroatoms. The van der Waals surface area contributed by atoms with Gasteiger partial charge in [-0.25, -0.2) is 14.8 Å². The summed E-state index contributed by atoms with van der Waals surface area (Å²) in [6.45, 7) is 1.71. The summed E-state index contributed by atoms with van der Waals surface area (Å²) in [5.74, 6) is 0.0886. The molecular weight excluding hydrogens is 404 g/mol. The van der Waals surface area contributed by atoms with Gasteiger partial charge in [0, 0.05) is 17.4 Å². The number of aromatic amines is 1. The van der Waals surface area contributed by atoms with Crippen LogP contribution in [0.2, 0.25) is 0 Å². The molecule has 0 saturated heterocycles. The highest BCUT2D eigenvalue weighted by Gasteiger charge is 2.12. The molecule has 26 heavy (non-hydrogen) atoms. The first kappa shape index (κ1) is 17.6. The molecule has 2 N–H and O–H groups in total. The first-order valence-electron chi connectivity index (χ1n) is 7.44. The Balaban J connectivity index is 1.60. The topological polar surface area (TPSA) is 110 Å². The Morgan fingerprint density at radius 2 is 2.08 bits per heavy atom. The molecule has 0 aliphatic carbocycles. The van der Waals surface area contributed by atoms with Gasteiger partial charge in [-0.05, 0) is 59.3 Å². The predicted octanol–water partition coefficient (Wildman–Crippen LogP) is 3.42. The Morgan fingerprint density at radius 1 is 1.31 bits per heavy atom. The third-order valence-electron chi connectivity index (χ3n) is 3.11. The predicted molar refractivity (Wildman–Crippen MR) is 99.2 cm³/mol. The van der Waals surface area contributed by atoms with Gasteiger partial charge in [-0.15, -0.1) is 0 Å². The number of anilines is 1. The number of rotatable bonds is 5. The van der Waals surface area contributed by atoms with Crippen molar-refractivity contribution in [2.45, 2.75) is 6.92 Å². The smallest absolute Gasteiger partial charge is 0.379 e. The molecule has 0 aliphatic heterocycles. The fourth-order valence-electron chi connectivity index (χ4n) is 1.99. The average molecular weight is 417 g/mol. The van der Waals surface area contributed by atoms with Crippen molar-refractivity contribution in [1.82, 2.24) is 9.97 Å². The molecule has 0 amide bonds. The summed E-state index contributed by atoms with van der Waals surface area (Å²) in [5, 5.41) is 2.93. The summed E-state index contributed by atoms with van der Waals surface area (Å²) in [6, 6.07) is 11.2. The zero-order valence-corrected chi connectivity index (χ0v) is 15.1. The van der Waals surface area contributed by atoms with Crippen LogP contribution in [0.4, 0.5) is 11.6 Å². The number of ether oxygens (including phenoxy) is 1. The minimum absolute atomic E-state index is 0.103. The molecule has 1 aromatic carbocycles. The van der Waals surface area contributed by atoms with Crippen molar-refractivity contribution in [1.29, 1.82) is 0 Å². The molecule has 132 valence electrons. The number of aryl methyl sites for hydroxylation is 1. The first-order valence-corrected chi connectivity index (χ1v) is 8.23. The number of aromatic nitrogens is 2. The zero-order valence-electron chi connectivity index (χ0n) is 13.5. The van der Waals surface area contributed by atoms with Gasteiger partial charge in [0.15, 0.2) is 4.67 Å². The summed E-state index contributed by atoms with van der Waals surface area (Å²) in [6.07, 6.45) is 1.40. The van der Waals surface area contributed by atoms with Gasteiger partial charge in [-0.2, -0.15) is 0 Å². The second-order valence-electron chi connectivity index (χ2n) is 5.13. The van der Waals surface area contributed by atoms with Crippen LogP contribution in [0.3, 0.4) is 0 Å². The Labute approximate surface area is 156 Å². The molecule has 0 bridgehead atoms. The average Bonchev–Trinajstić information content (AvgIpc) is 3.02. The molecule has 0 saturated carbocycles. The van der Waals surface area contributed by atoms with Gasteiger partial charge in [0.1, 0.15) is 5.75 Å². The number of hydrogen-bond donors (Lipinski definition) is 2. The summed E-state index contributed by atoms with van der Waals surface area (Å²) >= 11 is 3.13. The quantitative estimate of drug-likeness (QED) is 0.285. The van der Waals surface area contributed by atoms with E-state index in [0.29, 0.717) is 21.8 Å². The van der Waals surface area contributed by atoms with E-state index in [-0.39, 0.29) is 17.3 Å². The van der Waals surface area contributed by atoms with Crippen LogP contribution in [0.1, 0.15) is 16.2 Å². The number of aliphatic imine (C=N–C) groups is 1. The third-order valence-corrected chi connectivity index (χ3v) is 3.54. The number of benzene rings is 1. The standard InChI is InChI=1S/C17H13BrN4O4/c1-10-8-15(23)22-17(21-10)20-9-19-11-2-4-12(5-3-11)25-16(24)13-6-7-14(18)26-13/h2-9H,1H3,(H2,19,20,21,22,23). The highest BCUT2D eigenvalue weighted by Crippen LogP contribution is 2.19. The molecular formula is C17H13BrN4O4. The van der Waals surface area contributed by atoms with Gasteiger partial charge in [0.2, 0.25) is 11.7 Å². The van der Waals surface area contributed by atoms with Crippen molar-refractivity contribution in [3.63, 3.8) is 0 Å². The van der Waals surface area contributed by atoms with E-state index in [1.54, 1.807) is 37.3 Å². The minimum atomic E-state index is -0.590. The second-order valence-corrected chi connectivity index (χ2v) is 5.91. The largest absolute Gasteiger partial charge is 0.442 e. The van der Waals surface area contributed by atoms with Crippen LogP contribution < -0.4 is 15.6 Å². The van der Waals surface area contributed by atoms with Crippen molar-refractivity contribution >= 4 is 39.9 Å². The van der Waals surface area contributed by atoms with Crippen LogP contribution in [0.5, 0.6) is 5.75 Å². The molecule has 0 aliphatic rings. The molecule has 3 aromatic rings. The van der Waals surface area contributed by atoms with Crippen molar-refractivity contribution < 1.29 is 13.9 Å². The Bertz CT molecular complexity index is 1010. The van der Waals surface area contributed by atoms with Gasteiger partial charge < -0.3 is 14.5 Å². The number of nitrogens with zero attached hydrogens (tertiary/aromatic N) is 2. The maximum absolute atomic E-state index is 11.9. The molecule has 0 spiro atoms. The molecule has 2 aromatic heterocycles. The van der Waals surface area contributed by atoms with Crippen LogP contribution in [-0.2, 0) is 0 Å². The highest BCUT2D eigenvalue weighted by atomic mass is 79.9. The maximum Gasteiger partial charge on any atom is 0.379 e. The summed E-state index contributed by atoms with van der Waals surface area (Å²) < 4.78 is 10.8. The van der Waals surface area contributed by atoms with Gasteiger partial charge >= 0.3 is 5.97 Å². The van der Waals surface area contributed by atoms with E-state index in [0.717, 1.165) is 0 Å². The van der Waals surface area contributed by atoms with Crippen molar-refractivity contribution in [2.75, 3.05) is 5.32 Å². The number of furan rings is 1. The number of H-pyrrole nitrogens is 1. The number of nitrogens with one attached hydrogen (secondary N) is 2. The van der Waals surface area contributed by atoms with E-state index < -0.39 is 5.97 Å². The monoisotopic (exact) mass is 416 g/mol. The lowest BCUT2D eigenvalue weighted by Gasteiger charge is -2.04. The highest BCUT2D eigenvalue weighted by molar-refractivity contribution is 9.10. The maximum atomic E-state index is 11.9. The number of carbonyl (C=O) groups is 1. The lowest BCUT2D eigenvalue weighted by atomic mass is 10.3. The first-order chi connectivity index (χ1) is 12.5. The van der Waals surface area contributed by atoms with E-state index >= 15 is 0 Å². The van der Waals surface area contributed by atoms with Crippen LogP contribution in [0, 0.1) is 6.92 Å². The number of hydrogen-bond acceptors (Lipinski definition) is 6. The number of halogens is 1. The van der Waals surface area contributed by atoms with Crippen molar-refractivity contribution in [3.8, 4) is 5.75 Å². The Kier molecular flexibility index (Phi) is 5.28. The molecule has 3 rings (SSSR count). The van der Waals surface area contributed by atoms with Gasteiger partial charge in [-0.3, -0.25) is 9.78 Å². The molecule has 8 nitrogen and oxygen atoms in total. The lowest BCUT2D eigenvalue weighted by Crippen LogP contribution is -2.07. The number of esters is 1. The van der Waals surface area contributed by atoms with E-state index in [2.05, 4.69) is 36.2 Å².